The Kier molecular flexibility index (Phi) is 8.40. The lowest BCUT2D eigenvalue weighted by molar-refractivity contribution is 0.239. The first-order valence-corrected chi connectivity index (χ1v) is 13.7. The van der Waals surface area contributed by atoms with Crippen molar-refractivity contribution < 1.29 is 9.47 Å². The molecule has 0 aliphatic carbocycles. The number of aromatic nitrogens is 5. The third-order valence-electron chi connectivity index (χ3n) is 7.28. The molecule has 0 bridgehead atoms. The van der Waals surface area contributed by atoms with E-state index in [2.05, 4.69) is 48.4 Å². The molecule has 11 heteroatoms. The Morgan fingerprint density at radius 2 is 2.00 bits per heavy atom. The summed E-state index contributed by atoms with van der Waals surface area (Å²) in [6, 6.07) is 7.84. The predicted octanol–water partition coefficient (Wildman–Crippen LogP) is 3.43. The monoisotopic (exact) mass is 544 g/mol. The Balaban J connectivity index is 1.35. The van der Waals surface area contributed by atoms with E-state index in [1.54, 1.807) is 19.5 Å². The summed E-state index contributed by atoms with van der Waals surface area (Å²) in [7, 11) is 1.61. The molecule has 4 aromatic rings. The first-order chi connectivity index (χ1) is 19.5. The van der Waals surface area contributed by atoms with Gasteiger partial charge in [0.1, 0.15) is 17.9 Å². The molecule has 1 unspecified atom stereocenters. The van der Waals surface area contributed by atoms with E-state index in [4.69, 9.17) is 15.2 Å². The summed E-state index contributed by atoms with van der Waals surface area (Å²) in [6.45, 7) is 8.47. The van der Waals surface area contributed by atoms with Crippen molar-refractivity contribution in [3.63, 3.8) is 0 Å². The Morgan fingerprint density at radius 1 is 1.15 bits per heavy atom. The highest BCUT2D eigenvalue weighted by Gasteiger charge is 2.23. The van der Waals surface area contributed by atoms with Gasteiger partial charge < -0.3 is 24.7 Å². The quantitative estimate of drug-likeness (QED) is 0.265. The average Bonchev–Trinajstić information content (AvgIpc) is 2.97. The first kappa shape index (κ1) is 27.3. The lowest BCUT2D eigenvalue weighted by Crippen LogP contribution is -2.31. The largest absolute Gasteiger partial charge is 0.487 e. The van der Waals surface area contributed by atoms with Crippen molar-refractivity contribution in [1.82, 2.24) is 29.6 Å². The molecular formula is C29H36N8O3. The minimum atomic E-state index is -0.108. The molecule has 1 aliphatic heterocycles. The fraction of sp³-hybridized carbons (Fsp3) is 0.414. The van der Waals surface area contributed by atoms with Gasteiger partial charge in [-0.3, -0.25) is 9.69 Å². The van der Waals surface area contributed by atoms with Crippen LogP contribution in [0, 0.1) is 0 Å². The molecule has 0 fully saturated rings. The zero-order chi connectivity index (χ0) is 28.1. The number of pyridine rings is 3. The van der Waals surface area contributed by atoms with Gasteiger partial charge in [-0.15, -0.1) is 5.10 Å². The fourth-order valence-electron chi connectivity index (χ4n) is 5.13. The maximum Gasteiger partial charge on any atom is 0.214 e. The van der Waals surface area contributed by atoms with E-state index >= 15 is 0 Å². The van der Waals surface area contributed by atoms with Gasteiger partial charge in [0.05, 0.1) is 31.2 Å². The van der Waals surface area contributed by atoms with Crippen LogP contribution in [-0.2, 0) is 13.1 Å². The number of anilines is 2. The van der Waals surface area contributed by atoms with E-state index in [9.17, 15) is 4.79 Å². The minimum absolute atomic E-state index is 0.0827. The van der Waals surface area contributed by atoms with Crippen LogP contribution >= 0.6 is 0 Å². The Bertz CT molecular complexity index is 1510. The van der Waals surface area contributed by atoms with Gasteiger partial charge in [-0.2, -0.15) is 5.10 Å². The van der Waals surface area contributed by atoms with Crippen LogP contribution in [0.3, 0.4) is 0 Å². The molecule has 0 amide bonds. The van der Waals surface area contributed by atoms with E-state index in [-0.39, 0.29) is 11.5 Å². The minimum Gasteiger partial charge on any atom is -0.487 e. The van der Waals surface area contributed by atoms with Crippen molar-refractivity contribution >= 4 is 22.5 Å². The number of ether oxygens (including phenoxy) is 2. The number of unbranched alkanes of at least 4 members (excludes halogenated alkanes) is 1. The van der Waals surface area contributed by atoms with Crippen molar-refractivity contribution in [2.75, 3.05) is 44.0 Å². The standard InChI is InChI=1S/C29H36N8O3/c1-4-36(23-7-8-25(30)32-14-23)12-6-5-11-35(16-21-9-10-31-26(13-21)39-3)17-22-18-37-20(2)19-40-24-15-33-34-27(28(24)37)29(22)38/h7-10,13-15,18,20H,4-6,11-12,16-17,19H2,1-3H3,(H2,30,32). The second-order valence-corrected chi connectivity index (χ2v) is 10.1. The Morgan fingerprint density at radius 3 is 2.77 bits per heavy atom. The number of rotatable bonds is 12. The third-order valence-corrected chi connectivity index (χ3v) is 7.28. The van der Waals surface area contributed by atoms with E-state index in [1.807, 2.05) is 36.7 Å². The smallest absolute Gasteiger partial charge is 0.214 e. The molecule has 2 N–H and O–H groups in total. The number of methoxy groups -OCH3 is 1. The Hall–Kier alpha value is -4.25. The Labute approximate surface area is 233 Å². The maximum atomic E-state index is 13.6. The molecule has 0 aromatic carbocycles. The highest BCUT2D eigenvalue weighted by Crippen LogP contribution is 2.29. The number of hydrogen-bond acceptors (Lipinski definition) is 10. The predicted molar refractivity (Wildman–Crippen MR) is 155 cm³/mol. The molecule has 1 atom stereocenters. The van der Waals surface area contributed by atoms with Gasteiger partial charge in [0, 0.05) is 50.2 Å². The van der Waals surface area contributed by atoms with E-state index in [0.717, 1.165) is 43.7 Å². The third kappa shape index (κ3) is 5.99. The average molecular weight is 545 g/mol. The first-order valence-electron chi connectivity index (χ1n) is 13.7. The van der Waals surface area contributed by atoms with Crippen molar-refractivity contribution in [2.24, 2.45) is 0 Å². The van der Waals surface area contributed by atoms with E-state index in [0.29, 0.717) is 53.7 Å². The summed E-state index contributed by atoms with van der Waals surface area (Å²) in [5, 5.41) is 8.23. The molecule has 0 radical (unpaired) electrons. The van der Waals surface area contributed by atoms with Crippen molar-refractivity contribution in [3.05, 3.63) is 70.4 Å². The maximum absolute atomic E-state index is 13.6. The van der Waals surface area contributed by atoms with Gasteiger partial charge in [0.2, 0.25) is 11.3 Å². The van der Waals surface area contributed by atoms with Gasteiger partial charge >= 0.3 is 0 Å². The molecule has 1 aliphatic rings. The zero-order valence-corrected chi connectivity index (χ0v) is 23.3. The molecule has 0 spiro atoms. The summed E-state index contributed by atoms with van der Waals surface area (Å²) in [5.74, 6) is 1.69. The van der Waals surface area contributed by atoms with Crippen molar-refractivity contribution in [1.29, 1.82) is 0 Å². The van der Waals surface area contributed by atoms with Crippen LogP contribution in [0.5, 0.6) is 11.6 Å². The van der Waals surface area contributed by atoms with Crippen LogP contribution in [0.1, 0.15) is 43.9 Å². The summed E-state index contributed by atoms with van der Waals surface area (Å²) in [4.78, 5) is 26.6. The van der Waals surface area contributed by atoms with Gasteiger partial charge in [0.25, 0.3) is 0 Å². The second kappa shape index (κ2) is 12.3. The summed E-state index contributed by atoms with van der Waals surface area (Å²) >= 11 is 0. The number of nitrogens with zero attached hydrogens (tertiary/aromatic N) is 7. The highest BCUT2D eigenvalue weighted by molar-refractivity contribution is 5.81. The number of hydrogen-bond donors (Lipinski definition) is 1. The summed E-state index contributed by atoms with van der Waals surface area (Å²) in [5.41, 5.74) is 9.54. The van der Waals surface area contributed by atoms with Crippen LogP contribution in [0.4, 0.5) is 11.5 Å². The normalized spacial score (nSPS) is 14.3. The van der Waals surface area contributed by atoms with Crippen LogP contribution in [-0.4, -0.2) is 63.0 Å². The molecule has 210 valence electrons. The van der Waals surface area contributed by atoms with Crippen LogP contribution in [0.15, 0.2) is 53.8 Å². The molecule has 5 heterocycles. The molecule has 5 rings (SSSR count). The number of nitrogens with two attached hydrogens (primary N) is 1. The van der Waals surface area contributed by atoms with Crippen LogP contribution in [0.25, 0.3) is 11.0 Å². The fourth-order valence-corrected chi connectivity index (χ4v) is 5.13. The van der Waals surface area contributed by atoms with E-state index in [1.165, 1.54) is 0 Å². The molecule has 0 saturated carbocycles. The van der Waals surface area contributed by atoms with Crippen molar-refractivity contribution in [3.8, 4) is 11.6 Å². The lowest BCUT2D eigenvalue weighted by atomic mass is 10.1. The summed E-state index contributed by atoms with van der Waals surface area (Å²) in [6.07, 6.45) is 9.06. The topological polar surface area (TPSA) is 125 Å². The second-order valence-electron chi connectivity index (χ2n) is 10.1. The molecule has 4 aromatic heterocycles. The molecular weight excluding hydrogens is 508 g/mol. The van der Waals surface area contributed by atoms with Gasteiger partial charge in [-0.1, -0.05) is 0 Å². The van der Waals surface area contributed by atoms with Gasteiger partial charge in [-0.05, 0) is 57.0 Å². The highest BCUT2D eigenvalue weighted by atomic mass is 16.5. The number of nitrogen functional groups attached to an aromatic ring is 1. The van der Waals surface area contributed by atoms with E-state index < -0.39 is 0 Å². The summed E-state index contributed by atoms with van der Waals surface area (Å²) < 4.78 is 13.3. The van der Waals surface area contributed by atoms with Gasteiger partial charge in [-0.25, -0.2) is 9.97 Å². The van der Waals surface area contributed by atoms with Crippen LogP contribution < -0.4 is 25.5 Å². The zero-order valence-electron chi connectivity index (χ0n) is 23.3. The SMILES string of the molecule is CCN(CCCCN(Cc1ccnc(OC)c1)Cc1cn2c3c(cnnc3c1=O)OCC2C)c1ccc(N)nc1. The lowest BCUT2D eigenvalue weighted by Gasteiger charge is -2.28. The van der Waals surface area contributed by atoms with Crippen molar-refractivity contribution in [2.45, 2.75) is 45.8 Å². The molecule has 0 saturated heterocycles. The van der Waals surface area contributed by atoms with Gasteiger partial charge in [0.15, 0.2) is 11.3 Å². The van der Waals surface area contributed by atoms with Crippen LogP contribution in [0.2, 0.25) is 0 Å². The molecule has 40 heavy (non-hydrogen) atoms. The molecule has 11 nitrogen and oxygen atoms in total.